The first kappa shape index (κ1) is 15.1. The second-order valence-corrected chi connectivity index (χ2v) is 6.65. The van der Waals surface area contributed by atoms with Gasteiger partial charge in [-0.2, -0.15) is 0 Å². The molecule has 1 amide bonds. The van der Waals surface area contributed by atoms with Gasteiger partial charge in [-0.05, 0) is 44.7 Å². The van der Waals surface area contributed by atoms with Crippen molar-refractivity contribution in [2.75, 3.05) is 5.75 Å². The number of carbonyl (C=O) groups is 1. The van der Waals surface area contributed by atoms with Crippen LogP contribution in [0.3, 0.4) is 0 Å². The van der Waals surface area contributed by atoms with Crippen LogP contribution in [-0.4, -0.2) is 27.9 Å². The Morgan fingerprint density at radius 2 is 2.27 bits per heavy atom. The lowest BCUT2D eigenvalue weighted by atomic mass is 10.1. The molecule has 1 fully saturated rings. The summed E-state index contributed by atoms with van der Waals surface area (Å²) in [5, 5.41) is 11.5. The SMILES string of the molecule is Cc1cccc(-c2nnc(SCC(=O)N[C@@H](C)C3CC3)o2)c1. The monoisotopic (exact) mass is 317 g/mol. The molecule has 22 heavy (non-hydrogen) atoms. The third-order valence-electron chi connectivity index (χ3n) is 3.72. The Bertz CT molecular complexity index is 667. The minimum Gasteiger partial charge on any atom is -0.411 e. The maximum absolute atomic E-state index is 11.9. The van der Waals surface area contributed by atoms with Crippen LogP contribution in [0.4, 0.5) is 0 Å². The van der Waals surface area contributed by atoms with Crippen molar-refractivity contribution in [2.24, 2.45) is 5.92 Å². The van der Waals surface area contributed by atoms with Gasteiger partial charge in [-0.25, -0.2) is 0 Å². The normalized spacial score (nSPS) is 15.5. The summed E-state index contributed by atoms with van der Waals surface area (Å²) in [5.74, 6) is 1.45. The molecular formula is C16H19N3O2S. The molecule has 6 heteroatoms. The first-order valence-corrected chi connectivity index (χ1v) is 8.43. The molecule has 3 rings (SSSR count). The zero-order valence-electron chi connectivity index (χ0n) is 12.7. The van der Waals surface area contributed by atoms with Crippen LogP contribution in [0.5, 0.6) is 0 Å². The molecule has 1 aliphatic carbocycles. The van der Waals surface area contributed by atoms with Gasteiger partial charge in [0.1, 0.15) is 0 Å². The molecule has 1 aliphatic rings. The van der Waals surface area contributed by atoms with Crippen molar-refractivity contribution in [3.05, 3.63) is 29.8 Å². The molecule has 0 aliphatic heterocycles. The van der Waals surface area contributed by atoms with Crippen molar-refractivity contribution in [1.82, 2.24) is 15.5 Å². The van der Waals surface area contributed by atoms with Gasteiger partial charge in [0.25, 0.3) is 5.22 Å². The van der Waals surface area contributed by atoms with Crippen LogP contribution in [0.1, 0.15) is 25.3 Å². The molecule has 0 unspecified atom stereocenters. The summed E-state index contributed by atoms with van der Waals surface area (Å²) in [6.07, 6.45) is 2.44. The number of hydrogen-bond acceptors (Lipinski definition) is 5. The van der Waals surface area contributed by atoms with Gasteiger partial charge < -0.3 is 9.73 Å². The Morgan fingerprint density at radius 3 is 3.00 bits per heavy atom. The number of nitrogens with one attached hydrogen (secondary N) is 1. The summed E-state index contributed by atoms with van der Waals surface area (Å²) in [6.45, 7) is 4.07. The molecular weight excluding hydrogens is 298 g/mol. The summed E-state index contributed by atoms with van der Waals surface area (Å²) in [5.41, 5.74) is 2.03. The lowest BCUT2D eigenvalue weighted by molar-refractivity contribution is -0.119. The standard InChI is InChI=1S/C16H19N3O2S/c1-10-4-3-5-13(8-10)15-18-19-16(21-15)22-9-14(20)17-11(2)12-6-7-12/h3-5,8,11-12H,6-7,9H2,1-2H3,(H,17,20)/t11-/m0/s1. The zero-order valence-corrected chi connectivity index (χ0v) is 13.5. The molecule has 1 aromatic carbocycles. The predicted molar refractivity (Wildman–Crippen MR) is 85.5 cm³/mol. The molecule has 1 aromatic heterocycles. The van der Waals surface area contributed by atoms with Crippen molar-refractivity contribution < 1.29 is 9.21 Å². The highest BCUT2D eigenvalue weighted by atomic mass is 32.2. The zero-order chi connectivity index (χ0) is 15.5. The maximum atomic E-state index is 11.9. The molecule has 0 saturated heterocycles. The van der Waals surface area contributed by atoms with Gasteiger partial charge >= 0.3 is 0 Å². The fourth-order valence-electron chi connectivity index (χ4n) is 2.30. The van der Waals surface area contributed by atoms with E-state index in [4.69, 9.17) is 4.42 Å². The van der Waals surface area contributed by atoms with Crippen molar-refractivity contribution in [3.8, 4) is 11.5 Å². The Kier molecular flexibility index (Phi) is 4.47. The van der Waals surface area contributed by atoms with E-state index in [1.54, 1.807) is 0 Å². The Labute approximate surface area is 133 Å². The van der Waals surface area contributed by atoms with E-state index in [9.17, 15) is 4.79 Å². The molecule has 0 spiro atoms. The van der Waals surface area contributed by atoms with Crippen molar-refractivity contribution in [3.63, 3.8) is 0 Å². The smallest absolute Gasteiger partial charge is 0.277 e. The quantitative estimate of drug-likeness (QED) is 0.829. The molecule has 116 valence electrons. The number of rotatable bonds is 6. The van der Waals surface area contributed by atoms with E-state index in [1.165, 1.54) is 24.6 Å². The first-order chi connectivity index (χ1) is 10.6. The molecule has 0 bridgehead atoms. The van der Waals surface area contributed by atoms with Crippen LogP contribution < -0.4 is 5.32 Å². The summed E-state index contributed by atoms with van der Waals surface area (Å²) >= 11 is 1.27. The van der Waals surface area contributed by atoms with Gasteiger partial charge in [0.05, 0.1) is 5.75 Å². The first-order valence-electron chi connectivity index (χ1n) is 7.44. The number of aromatic nitrogens is 2. The van der Waals surface area contributed by atoms with E-state index in [0.717, 1.165) is 11.1 Å². The Hall–Kier alpha value is -1.82. The van der Waals surface area contributed by atoms with E-state index in [1.807, 2.05) is 31.2 Å². The van der Waals surface area contributed by atoms with Crippen LogP contribution in [-0.2, 0) is 4.79 Å². The number of nitrogens with zero attached hydrogens (tertiary/aromatic N) is 2. The Morgan fingerprint density at radius 1 is 1.45 bits per heavy atom. The van der Waals surface area contributed by atoms with E-state index in [0.29, 0.717) is 22.8 Å². The topological polar surface area (TPSA) is 68.0 Å². The molecule has 2 aromatic rings. The van der Waals surface area contributed by atoms with E-state index < -0.39 is 0 Å². The van der Waals surface area contributed by atoms with Crippen LogP contribution in [0.15, 0.2) is 33.9 Å². The second kappa shape index (κ2) is 6.52. The fraction of sp³-hybridized carbons (Fsp3) is 0.438. The van der Waals surface area contributed by atoms with Gasteiger partial charge in [-0.3, -0.25) is 4.79 Å². The van der Waals surface area contributed by atoms with Crippen LogP contribution >= 0.6 is 11.8 Å². The number of carbonyl (C=O) groups excluding carboxylic acids is 1. The minimum absolute atomic E-state index is 0.0136. The number of hydrogen-bond donors (Lipinski definition) is 1. The average molecular weight is 317 g/mol. The third-order valence-corrected chi connectivity index (χ3v) is 4.53. The minimum atomic E-state index is 0.0136. The van der Waals surface area contributed by atoms with Crippen LogP contribution in [0.2, 0.25) is 0 Å². The van der Waals surface area contributed by atoms with Crippen molar-refractivity contribution in [1.29, 1.82) is 0 Å². The van der Waals surface area contributed by atoms with Crippen molar-refractivity contribution >= 4 is 17.7 Å². The molecule has 0 radical (unpaired) electrons. The van der Waals surface area contributed by atoms with Crippen LogP contribution in [0.25, 0.3) is 11.5 Å². The molecule has 1 heterocycles. The van der Waals surface area contributed by atoms with Gasteiger partial charge in [-0.15, -0.1) is 10.2 Å². The number of benzene rings is 1. The highest BCUT2D eigenvalue weighted by Gasteiger charge is 2.28. The number of thioether (sulfide) groups is 1. The number of aryl methyl sites for hydroxylation is 1. The summed E-state index contributed by atoms with van der Waals surface area (Å²) in [4.78, 5) is 11.9. The summed E-state index contributed by atoms with van der Waals surface area (Å²) in [6, 6.07) is 8.15. The Balaban J connectivity index is 1.54. The van der Waals surface area contributed by atoms with Crippen LogP contribution in [0, 0.1) is 12.8 Å². The van der Waals surface area contributed by atoms with Crippen molar-refractivity contribution in [2.45, 2.75) is 38.0 Å². The largest absolute Gasteiger partial charge is 0.411 e. The molecule has 5 nitrogen and oxygen atoms in total. The van der Waals surface area contributed by atoms with Gasteiger partial charge in [0.15, 0.2) is 0 Å². The lowest BCUT2D eigenvalue weighted by Gasteiger charge is -2.11. The van der Waals surface area contributed by atoms with Gasteiger partial charge in [0.2, 0.25) is 11.8 Å². The predicted octanol–water partition coefficient (Wildman–Crippen LogP) is 3.05. The van der Waals surface area contributed by atoms with Gasteiger partial charge in [-0.1, -0.05) is 29.5 Å². The van der Waals surface area contributed by atoms with E-state index in [2.05, 4.69) is 22.4 Å². The average Bonchev–Trinajstić information content (AvgIpc) is 3.24. The van der Waals surface area contributed by atoms with E-state index in [-0.39, 0.29) is 11.9 Å². The van der Waals surface area contributed by atoms with Gasteiger partial charge in [0, 0.05) is 11.6 Å². The summed E-state index contributed by atoms with van der Waals surface area (Å²) in [7, 11) is 0. The highest BCUT2D eigenvalue weighted by molar-refractivity contribution is 7.99. The number of amides is 1. The lowest BCUT2D eigenvalue weighted by Crippen LogP contribution is -2.35. The summed E-state index contributed by atoms with van der Waals surface area (Å²) < 4.78 is 5.60. The molecule has 1 saturated carbocycles. The fourth-order valence-corrected chi connectivity index (χ4v) is 2.87. The second-order valence-electron chi connectivity index (χ2n) is 5.72. The molecule has 1 N–H and O–H groups in total. The highest BCUT2D eigenvalue weighted by Crippen LogP contribution is 2.32. The van der Waals surface area contributed by atoms with E-state index >= 15 is 0 Å². The maximum Gasteiger partial charge on any atom is 0.277 e. The third kappa shape index (κ3) is 3.88. The molecule has 1 atom stereocenters.